The van der Waals surface area contributed by atoms with Crippen molar-refractivity contribution in [2.75, 3.05) is 70.1 Å². The van der Waals surface area contributed by atoms with Crippen LogP contribution in [0.15, 0.2) is 126 Å². The van der Waals surface area contributed by atoms with Crippen LogP contribution < -0.4 is 46.3 Å². The SMILES string of the molecule is CCN(CC)c1ccc2c(-c3ccccc3C(=O)N3CCCC3C(=O)NC(CS(=O)(=O)O)C(=O)NCCCCCC(=O)NCCNC(=O)c3cc(CCCCc4ccc(C(=O)c5ccccc5)cc4)c(OC)c4c3COB4C)c3ccc(=[N+](CC)CC)cc-3oc2c1. The Balaban J connectivity index is 0.749. The van der Waals surface area contributed by atoms with E-state index in [0.717, 1.165) is 101 Å². The molecule has 9 rings (SSSR count). The monoisotopic (exact) mass is 1270 g/mol. The third kappa shape index (κ3) is 16.3. The highest BCUT2D eigenvalue weighted by Crippen LogP contribution is 2.43. The summed E-state index contributed by atoms with van der Waals surface area (Å²) < 4.78 is 55.3. The minimum atomic E-state index is -4.76. The Morgan fingerprint density at radius 2 is 1.48 bits per heavy atom. The van der Waals surface area contributed by atoms with E-state index in [2.05, 4.69) is 70.6 Å². The molecule has 5 amide bonds. The van der Waals surface area contributed by atoms with Crippen molar-refractivity contribution in [3.05, 3.63) is 166 Å². The zero-order valence-electron chi connectivity index (χ0n) is 53.6. The summed E-state index contributed by atoms with van der Waals surface area (Å²) >= 11 is 0. The molecular weight excluding hydrogens is 1190 g/mol. The van der Waals surface area contributed by atoms with E-state index < -0.39 is 45.7 Å². The molecule has 0 aromatic heterocycles. The van der Waals surface area contributed by atoms with Gasteiger partial charge in [-0.2, -0.15) is 8.42 Å². The maximum atomic E-state index is 14.9. The number of benzene rings is 6. The highest BCUT2D eigenvalue weighted by molar-refractivity contribution is 7.85. The van der Waals surface area contributed by atoms with Crippen molar-refractivity contribution in [1.29, 1.82) is 0 Å². The van der Waals surface area contributed by atoms with Crippen LogP contribution in [0, 0.1) is 0 Å². The number of methoxy groups -OCH3 is 1. The van der Waals surface area contributed by atoms with Crippen molar-refractivity contribution in [3.8, 4) is 28.2 Å². The minimum Gasteiger partial charge on any atom is -0.497 e. The Morgan fingerprint density at radius 3 is 2.21 bits per heavy atom. The maximum absolute atomic E-state index is 14.9. The lowest BCUT2D eigenvalue weighted by atomic mass is 9.62. The normalized spacial score (nSPS) is 14.0. The highest BCUT2D eigenvalue weighted by atomic mass is 32.2. The van der Waals surface area contributed by atoms with Crippen molar-refractivity contribution in [1.82, 2.24) is 30.7 Å². The van der Waals surface area contributed by atoms with Crippen LogP contribution in [-0.4, -0.2) is 137 Å². The van der Waals surface area contributed by atoms with Crippen LogP contribution in [0.2, 0.25) is 6.82 Å². The lowest BCUT2D eigenvalue weighted by molar-refractivity contribution is -0.130. The van der Waals surface area contributed by atoms with E-state index in [1.54, 1.807) is 19.2 Å². The second-order valence-corrected chi connectivity index (χ2v) is 25.0. The first-order valence-corrected chi connectivity index (χ1v) is 33.9. The first kappa shape index (κ1) is 67.7. The molecule has 1 aliphatic carbocycles. The summed E-state index contributed by atoms with van der Waals surface area (Å²) in [4.78, 5) is 85.9. The van der Waals surface area contributed by atoms with Gasteiger partial charge in [0.2, 0.25) is 23.1 Å². The van der Waals surface area contributed by atoms with E-state index in [1.165, 1.54) is 4.90 Å². The first-order chi connectivity index (χ1) is 44.4. The number of nitrogens with zero attached hydrogens (tertiary/aromatic N) is 3. The smallest absolute Gasteiger partial charge is 0.328 e. The summed E-state index contributed by atoms with van der Waals surface area (Å²) in [6.45, 7) is 14.2. The number of unbranched alkanes of at least 4 members (excludes halogenated alkanes) is 3. The summed E-state index contributed by atoms with van der Waals surface area (Å²) in [5.41, 5.74) is 9.71. The molecule has 5 aromatic rings. The molecule has 19 nitrogen and oxygen atoms in total. The van der Waals surface area contributed by atoms with Crippen molar-refractivity contribution < 1.29 is 55.5 Å². The van der Waals surface area contributed by atoms with Gasteiger partial charge in [-0.25, -0.2) is 4.58 Å². The van der Waals surface area contributed by atoms with Gasteiger partial charge in [-0.05, 0) is 137 Å². The first-order valence-electron chi connectivity index (χ1n) is 32.3. The van der Waals surface area contributed by atoms with Crippen LogP contribution in [0.5, 0.6) is 5.75 Å². The van der Waals surface area contributed by atoms with Gasteiger partial charge in [0.05, 0.1) is 19.8 Å². The van der Waals surface area contributed by atoms with E-state index >= 15 is 0 Å². The number of fused-ring (bicyclic) bond motifs is 3. The molecule has 4 aliphatic rings. The van der Waals surface area contributed by atoms with Gasteiger partial charge in [0, 0.05) is 102 Å². The molecule has 1 fully saturated rings. The Bertz CT molecular complexity index is 3960. The number of carbonyl (C=O) groups is 6. The Kier molecular flexibility index (Phi) is 23.3. The molecule has 1 saturated heterocycles. The fraction of sp³-hybridized carbons (Fsp3) is 0.394. The van der Waals surface area contributed by atoms with Crippen LogP contribution >= 0.6 is 0 Å². The number of rotatable bonds is 30. The molecule has 2 unspecified atom stereocenters. The molecule has 0 bridgehead atoms. The Morgan fingerprint density at radius 1 is 0.761 bits per heavy atom. The number of anilines is 1. The van der Waals surface area contributed by atoms with E-state index in [1.807, 2.05) is 104 Å². The number of ether oxygens (including phenoxy) is 1. The van der Waals surface area contributed by atoms with Gasteiger partial charge in [0.25, 0.3) is 21.9 Å². The number of ketones is 1. The number of nitrogens with one attached hydrogen (secondary N) is 4. The molecule has 0 radical (unpaired) electrons. The van der Waals surface area contributed by atoms with Gasteiger partial charge in [-0.15, -0.1) is 0 Å². The number of hydrogen-bond acceptors (Lipinski definition) is 12. The highest BCUT2D eigenvalue weighted by Gasteiger charge is 2.39. The number of hydrogen-bond donors (Lipinski definition) is 5. The second kappa shape index (κ2) is 31.6. The van der Waals surface area contributed by atoms with Gasteiger partial charge in [0.1, 0.15) is 48.0 Å². The van der Waals surface area contributed by atoms with Crippen LogP contribution in [0.25, 0.3) is 33.4 Å². The molecule has 5 aromatic carbocycles. The molecule has 0 spiro atoms. The van der Waals surface area contributed by atoms with E-state index in [0.29, 0.717) is 71.3 Å². The van der Waals surface area contributed by atoms with E-state index in [4.69, 9.17) is 13.8 Å². The van der Waals surface area contributed by atoms with Crippen molar-refractivity contribution in [2.45, 2.75) is 117 Å². The molecular formula is C71H85BN7O12S+. The average Bonchev–Trinajstić information content (AvgIpc) is 0.976. The van der Waals surface area contributed by atoms with Gasteiger partial charge in [0.15, 0.2) is 5.78 Å². The molecule has 3 heterocycles. The summed E-state index contributed by atoms with van der Waals surface area (Å²) in [5.74, 6) is -2.21. The lowest BCUT2D eigenvalue weighted by Gasteiger charge is -2.27. The zero-order chi connectivity index (χ0) is 65.5. The van der Waals surface area contributed by atoms with Crippen LogP contribution in [0.3, 0.4) is 0 Å². The van der Waals surface area contributed by atoms with Crippen molar-refractivity contribution in [3.63, 3.8) is 0 Å². The maximum Gasteiger partial charge on any atom is 0.328 e. The van der Waals surface area contributed by atoms with Crippen LogP contribution in [0.4, 0.5) is 5.69 Å². The van der Waals surface area contributed by atoms with Gasteiger partial charge >= 0.3 is 6.92 Å². The fourth-order valence-corrected chi connectivity index (χ4v) is 13.4. The van der Waals surface area contributed by atoms with Gasteiger partial charge < -0.3 is 44.9 Å². The standard InChI is InChI=1S/C71H84BN7O12S/c1-7-77(8-2)51-34-36-55-61(43-51)91-62-44-52(78(9-3)10-4)35-37-56(62)64(55)53-26-18-19-27-54(53)71(85)79-41-21-28-60(79)70(84)76-59(46-92(86,87)88)69(83)74-38-20-12-15-29-63(80)73-39-40-75-68(82)57-42-50(67(89-6)65-58(57)45-90-72(65)5)25-17-16-22-47-30-32-49(33-31-47)66(81)48-23-13-11-14-24-48/h11,13-14,18-19,23-24,26-27,30-37,42-44,59-60H,7-10,12,15-17,20-22,25,28-29,38-41,45-46H2,1-6H3,(H4-,73,74,75,76,80,82,83,84,86,87,88)/p+1. The number of amides is 5. The van der Waals surface area contributed by atoms with Crippen molar-refractivity contribution >= 4 is 74.5 Å². The molecule has 5 N–H and O–H groups in total. The largest absolute Gasteiger partial charge is 0.497 e. The van der Waals surface area contributed by atoms with Crippen LogP contribution in [-0.2, 0) is 48.6 Å². The third-order valence-corrected chi connectivity index (χ3v) is 18.3. The molecule has 2 atom stereocenters. The molecule has 0 saturated carbocycles. The number of aryl methyl sites for hydroxylation is 2. The van der Waals surface area contributed by atoms with Gasteiger partial charge in [-0.1, -0.05) is 86.0 Å². The molecule has 3 aliphatic heterocycles. The Hall–Kier alpha value is -8.66. The molecule has 21 heteroatoms. The van der Waals surface area contributed by atoms with E-state index in [-0.39, 0.29) is 70.1 Å². The van der Waals surface area contributed by atoms with Crippen molar-refractivity contribution in [2.24, 2.45) is 0 Å². The van der Waals surface area contributed by atoms with Gasteiger partial charge in [-0.3, -0.25) is 33.3 Å². The topological polar surface area (TPSA) is 246 Å². The van der Waals surface area contributed by atoms with E-state index in [9.17, 15) is 41.7 Å². The van der Waals surface area contributed by atoms with Crippen LogP contribution in [0.1, 0.15) is 132 Å². The summed E-state index contributed by atoms with van der Waals surface area (Å²) in [7, 11) is -3.13. The number of likely N-dealkylation sites (tertiary alicyclic amines) is 1. The summed E-state index contributed by atoms with van der Waals surface area (Å²) in [6, 6.07) is 35.6. The number of carbonyl (C=O) groups excluding carboxylic acids is 6. The minimum absolute atomic E-state index is 0.0127. The lowest BCUT2D eigenvalue weighted by Crippen LogP contribution is -2.55. The Labute approximate surface area is 539 Å². The predicted molar refractivity (Wildman–Crippen MR) is 359 cm³/mol. The molecule has 92 heavy (non-hydrogen) atoms. The second-order valence-electron chi connectivity index (χ2n) is 23.5. The quantitative estimate of drug-likeness (QED) is 0.00712. The average molecular weight is 1270 g/mol. The zero-order valence-corrected chi connectivity index (χ0v) is 54.4. The molecule has 484 valence electrons. The third-order valence-electron chi connectivity index (χ3n) is 17.6. The summed E-state index contributed by atoms with van der Waals surface area (Å²) in [5, 5.41) is 12.8. The fourth-order valence-electron chi connectivity index (χ4n) is 12.7. The predicted octanol–water partition coefficient (Wildman–Crippen LogP) is 8.23. The summed E-state index contributed by atoms with van der Waals surface area (Å²) in [6.07, 6.45) is 5.52.